The second-order valence-electron chi connectivity index (χ2n) is 4.99. The predicted octanol–water partition coefficient (Wildman–Crippen LogP) is 2.97. The van der Waals surface area contributed by atoms with Crippen molar-refractivity contribution in [2.75, 3.05) is 20.6 Å². The first-order valence-electron chi connectivity index (χ1n) is 7.05. The van der Waals surface area contributed by atoms with Crippen molar-refractivity contribution in [3.63, 3.8) is 0 Å². The first-order valence-corrected chi connectivity index (χ1v) is 7.05. The minimum Gasteiger partial charge on any atom is -0.408 e. The van der Waals surface area contributed by atoms with Gasteiger partial charge in [0.25, 0.3) is 0 Å². The molecule has 0 aliphatic carbocycles. The highest BCUT2D eigenvalue weighted by atomic mass is 16.6. The molecule has 0 saturated heterocycles. The molecular formula is C16H21N3O2. The molecule has 5 nitrogen and oxygen atoms in total. The normalized spacial score (nSPS) is 12.2. The molecule has 21 heavy (non-hydrogen) atoms. The largest absolute Gasteiger partial charge is 0.415 e. The van der Waals surface area contributed by atoms with Gasteiger partial charge in [-0.25, -0.2) is 4.79 Å². The first kappa shape index (κ1) is 15.3. The first-order chi connectivity index (χ1) is 10.1. The summed E-state index contributed by atoms with van der Waals surface area (Å²) >= 11 is 0. The third-order valence-electron chi connectivity index (χ3n) is 3.61. The zero-order chi connectivity index (χ0) is 15.4. The summed E-state index contributed by atoms with van der Waals surface area (Å²) in [5, 5.41) is 4.15. The molecule has 1 unspecified atom stereocenters. The topological polar surface area (TPSA) is 54.5 Å². The molecule has 0 aliphatic heterocycles. The maximum atomic E-state index is 12.0. The van der Waals surface area contributed by atoms with Gasteiger partial charge in [0.1, 0.15) is 5.52 Å². The van der Waals surface area contributed by atoms with E-state index >= 15 is 0 Å². The number of benzene rings is 1. The molecule has 112 valence electrons. The van der Waals surface area contributed by atoms with Gasteiger partial charge in [-0.3, -0.25) is 4.98 Å². The van der Waals surface area contributed by atoms with E-state index < -0.39 is 0 Å². The number of aromatic nitrogens is 1. The number of fused-ring (bicyclic) bond motifs is 1. The number of hydrogen-bond donors (Lipinski definition) is 1. The number of amides is 1. The van der Waals surface area contributed by atoms with Gasteiger partial charge in [-0.2, -0.15) is 0 Å². The van der Waals surface area contributed by atoms with Crippen molar-refractivity contribution in [2.24, 2.45) is 0 Å². The highest BCUT2D eigenvalue weighted by Crippen LogP contribution is 2.29. The molecule has 0 bridgehead atoms. The van der Waals surface area contributed by atoms with E-state index in [1.807, 2.05) is 32.2 Å². The van der Waals surface area contributed by atoms with Gasteiger partial charge in [-0.15, -0.1) is 0 Å². The van der Waals surface area contributed by atoms with E-state index in [1.54, 1.807) is 13.2 Å². The van der Waals surface area contributed by atoms with Gasteiger partial charge in [-0.1, -0.05) is 6.07 Å². The second-order valence-corrected chi connectivity index (χ2v) is 4.99. The van der Waals surface area contributed by atoms with Crippen LogP contribution in [0.1, 0.15) is 25.5 Å². The van der Waals surface area contributed by atoms with E-state index in [0.717, 1.165) is 10.9 Å². The van der Waals surface area contributed by atoms with Crippen LogP contribution in [0.25, 0.3) is 10.9 Å². The summed E-state index contributed by atoms with van der Waals surface area (Å²) in [4.78, 5) is 17.8. The highest BCUT2D eigenvalue weighted by Gasteiger charge is 2.15. The Labute approximate surface area is 124 Å². The Morgan fingerprint density at radius 3 is 2.90 bits per heavy atom. The van der Waals surface area contributed by atoms with Gasteiger partial charge < -0.3 is 15.0 Å². The van der Waals surface area contributed by atoms with Crippen molar-refractivity contribution in [2.45, 2.75) is 19.9 Å². The van der Waals surface area contributed by atoms with E-state index in [2.05, 4.69) is 23.3 Å². The number of nitrogens with zero attached hydrogens (tertiary/aromatic N) is 2. The molecule has 2 aromatic rings. The number of pyridine rings is 1. The van der Waals surface area contributed by atoms with Crippen molar-refractivity contribution in [3.05, 3.63) is 36.0 Å². The maximum Gasteiger partial charge on any atom is 0.415 e. The molecule has 5 heteroatoms. The lowest BCUT2D eigenvalue weighted by molar-refractivity contribution is 0.165. The van der Waals surface area contributed by atoms with E-state index in [1.165, 1.54) is 4.90 Å². The summed E-state index contributed by atoms with van der Waals surface area (Å²) in [6, 6.07) is 7.94. The molecule has 0 aliphatic rings. The monoisotopic (exact) mass is 287 g/mol. The molecule has 0 spiro atoms. The van der Waals surface area contributed by atoms with Gasteiger partial charge in [0.05, 0.1) is 0 Å². The van der Waals surface area contributed by atoms with Crippen molar-refractivity contribution in [1.29, 1.82) is 0 Å². The standard InChI is InChI=1S/C16H21N3O2/c1-5-19(4)16(20)21-14-10-13(11(2)17-3)9-12-7-6-8-18-15(12)14/h6-11,17H,5H2,1-4H3. The van der Waals surface area contributed by atoms with Crippen LogP contribution in [0.3, 0.4) is 0 Å². The molecule has 2 rings (SSSR count). The minimum atomic E-state index is -0.376. The van der Waals surface area contributed by atoms with Crippen LogP contribution in [-0.4, -0.2) is 36.6 Å². The van der Waals surface area contributed by atoms with Crippen LogP contribution in [0, 0.1) is 0 Å². The lowest BCUT2D eigenvalue weighted by Gasteiger charge is -2.17. The lowest BCUT2D eigenvalue weighted by atomic mass is 10.0. The third-order valence-corrected chi connectivity index (χ3v) is 3.61. The zero-order valence-corrected chi connectivity index (χ0v) is 12.9. The van der Waals surface area contributed by atoms with Crippen molar-refractivity contribution in [1.82, 2.24) is 15.2 Å². The Bertz CT molecular complexity index is 642. The Balaban J connectivity index is 2.47. The molecule has 0 radical (unpaired) electrons. The Hall–Kier alpha value is -2.14. The van der Waals surface area contributed by atoms with E-state index in [4.69, 9.17) is 4.74 Å². The van der Waals surface area contributed by atoms with Gasteiger partial charge in [0.15, 0.2) is 5.75 Å². The number of rotatable bonds is 4. The van der Waals surface area contributed by atoms with Crippen LogP contribution >= 0.6 is 0 Å². The molecule has 1 aromatic carbocycles. The van der Waals surface area contributed by atoms with Crippen LogP contribution in [0.4, 0.5) is 4.79 Å². The summed E-state index contributed by atoms with van der Waals surface area (Å²) in [6.07, 6.45) is 1.32. The van der Waals surface area contributed by atoms with Crippen LogP contribution in [0.15, 0.2) is 30.5 Å². The number of carbonyl (C=O) groups is 1. The van der Waals surface area contributed by atoms with Crippen LogP contribution < -0.4 is 10.1 Å². The maximum absolute atomic E-state index is 12.0. The van der Waals surface area contributed by atoms with Crippen molar-refractivity contribution in [3.8, 4) is 5.75 Å². The summed E-state index contributed by atoms with van der Waals surface area (Å²) < 4.78 is 5.51. The lowest BCUT2D eigenvalue weighted by Crippen LogP contribution is -2.29. The molecular weight excluding hydrogens is 266 g/mol. The minimum absolute atomic E-state index is 0.163. The van der Waals surface area contributed by atoms with Gasteiger partial charge in [-0.05, 0) is 44.7 Å². The second kappa shape index (κ2) is 6.54. The highest BCUT2D eigenvalue weighted by molar-refractivity contribution is 5.87. The van der Waals surface area contributed by atoms with E-state index in [9.17, 15) is 4.79 Å². The Morgan fingerprint density at radius 1 is 1.48 bits per heavy atom. The Kier molecular flexibility index (Phi) is 4.75. The molecule has 1 atom stereocenters. The molecule has 1 aromatic heterocycles. The third kappa shape index (κ3) is 3.31. The number of ether oxygens (including phenoxy) is 1. The summed E-state index contributed by atoms with van der Waals surface area (Å²) in [5.41, 5.74) is 1.75. The van der Waals surface area contributed by atoms with Crippen LogP contribution in [-0.2, 0) is 0 Å². The SMILES string of the molecule is CCN(C)C(=O)Oc1cc(C(C)NC)cc2cccnc12. The van der Waals surface area contributed by atoms with Gasteiger partial charge >= 0.3 is 6.09 Å². The molecule has 1 N–H and O–H groups in total. The van der Waals surface area contributed by atoms with Crippen molar-refractivity contribution < 1.29 is 9.53 Å². The van der Waals surface area contributed by atoms with Crippen LogP contribution in [0.2, 0.25) is 0 Å². The quantitative estimate of drug-likeness (QED) is 0.939. The average molecular weight is 287 g/mol. The van der Waals surface area contributed by atoms with Gasteiger partial charge in [0.2, 0.25) is 0 Å². The fourth-order valence-electron chi connectivity index (χ4n) is 1.98. The molecule has 1 amide bonds. The fraction of sp³-hybridized carbons (Fsp3) is 0.375. The number of carbonyl (C=O) groups excluding carboxylic acids is 1. The molecule has 0 fully saturated rings. The molecule has 1 heterocycles. The van der Waals surface area contributed by atoms with E-state index in [0.29, 0.717) is 17.8 Å². The van der Waals surface area contributed by atoms with Crippen molar-refractivity contribution >= 4 is 17.0 Å². The zero-order valence-electron chi connectivity index (χ0n) is 12.9. The number of nitrogens with one attached hydrogen (secondary N) is 1. The fourth-order valence-corrected chi connectivity index (χ4v) is 1.98. The van der Waals surface area contributed by atoms with Crippen LogP contribution in [0.5, 0.6) is 5.75 Å². The Morgan fingerprint density at radius 2 is 2.24 bits per heavy atom. The summed E-state index contributed by atoms with van der Waals surface area (Å²) in [7, 11) is 3.60. The summed E-state index contributed by atoms with van der Waals surface area (Å²) in [5.74, 6) is 0.496. The van der Waals surface area contributed by atoms with E-state index in [-0.39, 0.29) is 12.1 Å². The average Bonchev–Trinajstić information content (AvgIpc) is 2.52. The smallest absolute Gasteiger partial charge is 0.408 e. The number of hydrogen-bond acceptors (Lipinski definition) is 4. The predicted molar refractivity (Wildman–Crippen MR) is 83.5 cm³/mol. The van der Waals surface area contributed by atoms with Gasteiger partial charge in [0, 0.05) is 31.2 Å². The summed E-state index contributed by atoms with van der Waals surface area (Å²) in [6.45, 7) is 4.55. The molecule has 0 saturated carbocycles.